The maximum Gasteiger partial charge on any atom is 0.156 e. The first-order chi connectivity index (χ1) is 16.8. The largest absolute Gasteiger partial charge is 0.390 e. The van der Waals surface area contributed by atoms with Gasteiger partial charge in [-0.05, 0) is 111 Å². The number of ketones is 1. The quantitative estimate of drug-likeness (QED) is 0.604. The molecule has 0 saturated heterocycles. The minimum Gasteiger partial charge on any atom is -0.390 e. The van der Waals surface area contributed by atoms with E-state index in [-0.39, 0.29) is 16.7 Å². The number of para-hydroxylation sites is 2. The van der Waals surface area contributed by atoms with Gasteiger partial charge in [0.25, 0.3) is 0 Å². The third-order valence-corrected chi connectivity index (χ3v) is 11.3. The van der Waals surface area contributed by atoms with Crippen molar-refractivity contribution in [1.82, 2.24) is 9.55 Å². The van der Waals surface area contributed by atoms with E-state index in [1.807, 2.05) is 43.1 Å². The predicted molar refractivity (Wildman–Crippen MR) is 137 cm³/mol. The van der Waals surface area contributed by atoms with Crippen LogP contribution in [0.1, 0.15) is 71.6 Å². The minimum absolute atomic E-state index is 0.107. The highest BCUT2D eigenvalue weighted by atomic mass is 16.5. The fraction of sp³-hybridized carbons (Fsp3) is 0.733. The maximum absolute atomic E-state index is 13.7. The number of hydrogen-bond donors (Lipinski definition) is 1. The molecule has 8 atom stereocenters. The first-order valence-electron chi connectivity index (χ1n) is 13.9. The Hall–Kier alpha value is -1.72. The van der Waals surface area contributed by atoms with Gasteiger partial charge in [0.05, 0.1) is 36.1 Å². The second-order valence-electron chi connectivity index (χ2n) is 13.0. The number of aromatic nitrogens is 2. The molecule has 0 bridgehead atoms. The Morgan fingerprint density at radius 2 is 1.91 bits per heavy atom. The zero-order valence-electron chi connectivity index (χ0n) is 21.7. The van der Waals surface area contributed by atoms with Crippen LogP contribution in [0.5, 0.6) is 0 Å². The van der Waals surface area contributed by atoms with E-state index in [0.29, 0.717) is 36.0 Å². The molecule has 5 nitrogen and oxygen atoms in total. The van der Waals surface area contributed by atoms with E-state index in [0.717, 1.165) is 49.7 Å². The van der Waals surface area contributed by atoms with Gasteiger partial charge in [0.15, 0.2) is 5.78 Å². The summed E-state index contributed by atoms with van der Waals surface area (Å²) < 4.78 is 7.95. The van der Waals surface area contributed by atoms with Gasteiger partial charge in [0.1, 0.15) is 0 Å². The average molecular weight is 479 g/mol. The Morgan fingerprint density at radius 3 is 2.74 bits per heavy atom. The first-order valence-corrected chi connectivity index (χ1v) is 13.9. The summed E-state index contributed by atoms with van der Waals surface area (Å²) in [5.74, 6) is 3.09. The second kappa shape index (κ2) is 8.41. The van der Waals surface area contributed by atoms with E-state index in [2.05, 4.69) is 18.0 Å². The molecule has 5 heteroatoms. The van der Waals surface area contributed by atoms with Crippen LogP contribution in [0.3, 0.4) is 0 Å². The van der Waals surface area contributed by atoms with E-state index in [9.17, 15) is 9.90 Å². The standard InChI is InChI=1S/C30H42N2O3/c1-28(34)14-15-30(18-35-3)20(16-28)8-9-21-22-10-11-24(29(22,2)13-12-23(21)30)27(33)17-32-19-31-25-6-4-5-7-26(25)32/h4-7,19-24,34H,8-18H2,1-3H3/t20-,21+,22+,23+,24-,28-,29+,30-/m1/s1. The van der Waals surface area contributed by atoms with Crippen molar-refractivity contribution < 1.29 is 14.6 Å². The van der Waals surface area contributed by atoms with Gasteiger partial charge in [-0.1, -0.05) is 19.1 Å². The molecule has 1 heterocycles. The first kappa shape index (κ1) is 23.7. The van der Waals surface area contributed by atoms with Crippen molar-refractivity contribution >= 4 is 16.8 Å². The lowest BCUT2D eigenvalue weighted by atomic mass is 9.43. The summed E-state index contributed by atoms with van der Waals surface area (Å²) in [7, 11) is 1.86. The van der Waals surface area contributed by atoms with Crippen LogP contribution >= 0.6 is 0 Å². The number of aliphatic hydroxyl groups is 1. The Kier molecular flexibility index (Phi) is 5.69. The molecule has 0 aliphatic heterocycles. The van der Waals surface area contributed by atoms with Gasteiger partial charge in [0.2, 0.25) is 0 Å². The molecule has 190 valence electrons. The molecule has 2 aromatic rings. The fourth-order valence-electron chi connectivity index (χ4n) is 9.73. The number of hydrogen-bond acceptors (Lipinski definition) is 4. The molecule has 4 saturated carbocycles. The number of Topliss-reactive ketones (excluding diaryl/α,β-unsaturated/α-hetero) is 1. The van der Waals surface area contributed by atoms with Gasteiger partial charge >= 0.3 is 0 Å². The van der Waals surface area contributed by atoms with Crippen LogP contribution in [-0.4, -0.2) is 39.8 Å². The molecular formula is C30H42N2O3. The van der Waals surface area contributed by atoms with Crippen molar-refractivity contribution in [3.63, 3.8) is 0 Å². The third-order valence-electron chi connectivity index (χ3n) is 11.3. The Labute approximate surface area is 209 Å². The average Bonchev–Trinajstić information content (AvgIpc) is 3.40. The maximum atomic E-state index is 13.7. The van der Waals surface area contributed by atoms with Gasteiger partial charge in [-0.25, -0.2) is 4.98 Å². The lowest BCUT2D eigenvalue weighted by molar-refractivity contribution is -0.175. The highest BCUT2D eigenvalue weighted by Gasteiger charge is 2.63. The second-order valence-corrected chi connectivity index (χ2v) is 13.0. The van der Waals surface area contributed by atoms with Crippen molar-refractivity contribution in [3.8, 4) is 0 Å². The molecule has 0 amide bonds. The van der Waals surface area contributed by atoms with Crippen LogP contribution in [0.2, 0.25) is 0 Å². The minimum atomic E-state index is -0.527. The Morgan fingerprint density at radius 1 is 1.09 bits per heavy atom. The summed E-state index contributed by atoms with van der Waals surface area (Å²) >= 11 is 0. The molecule has 0 radical (unpaired) electrons. The van der Waals surface area contributed by atoms with Gasteiger partial charge < -0.3 is 14.4 Å². The van der Waals surface area contributed by atoms with Crippen LogP contribution in [0.15, 0.2) is 30.6 Å². The van der Waals surface area contributed by atoms with Crippen molar-refractivity contribution in [2.75, 3.05) is 13.7 Å². The number of nitrogens with zero attached hydrogens (tertiary/aromatic N) is 2. The number of imidazole rings is 1. The van der Waals surface area contributed by atoms with E-state index in [1.165, 1.54) is 25.7 Å². The molecular weight excluding hydrogens is 436 g/mol. The molecule has 4 fully saturated rings. The fourth-order valence-corrected chi connectivity index (χ4v) is 9.73. The van der Waals surface area contributed by atoms with E-state index < -0.39 is 5.60 Å². The van der Waals surface area contributed by atoms with E-state index in [1.54, 1.807) is 0 Å². The van der Waals surface area contributed by atoms with Gasteiger partial charge in [0, 0.05) is 13.0 Å². The van der Waals surface area contributed by atoms with Gasteiger partial charge in [-0.3, -0.25) is 4.79 Å². The number of rotatable bonds is 5. The zero-order chi connectivity index (χ0) is 24.4. The number of carbonyl (C=O) groups excluding carboxylic acids is 1. The van der Waals surface area contributed by atoms with Crippen LogP contribution in [0.4, 0.5) is 0 Å². The van der Waals surface area contributed by atoms with Crippen LogP contribution in [0, 0.1) is 40.4 Å². The van der Waals surface area contributed by atoms with Crippen LogP contribution < -0.4 is 0 Å². The number of ether oxygens (including phenoxy) is 1. The SMILES string of the molecule is COC[C@]12CC[C@@](C)(O)C[C@H]1CC[C@H]1[C@@H]3CC[C@H](C(=O)Cn4cnc5ccccc54)[C@@]3(C)CC[C@@H]12. The zero-order valence-corrected chi connectivity index (χ0v) is 21.7. The molecule has 35 heavy (non-hydrogen) atoms. The summed E-state index contributed by atoms with van der Waals surface area (Å²) in [4.78, 5) is 18.3. The molecule has 0 spiro atoms. The van der Waals surface area contributed by atoms with E-state index >= 15 is 0 Å². The molecule has 0 unspecified atom stereocenters. The van der Waals surface area contributed by atoms with Gasteiger partial charge in [-0.15, -0.1) is 0 Å². The van der Waals surface area contributed by atoms with Crippen molar-refractivity contribution in [1.29, 1.82) is 0 Å². The summed E-state index contributed by atoms with van der Waals surface area (Å²) in [6, 6.07) is 8.10. The lowest BCUT2D eigenvalue weighted by Gasteiger charge is -2.62. The highest BCUT2D eigenvalue weighted by Crippen LogP contribution is 2.68. The molecule has 6 rings (SSSR count). The van der Waals surface area contributed by atoms with Crippen molar-refractivity contribution in [2.24, 2.45) is 40.4 Å². The third kappa shape index (κ3) is 3.63. The normalized spacial score (nSPS) is 42.9. The molecule has 4 aliphatic rings. The molecule has 4 aliphatic carbocycles. The number of fused-ring (bicyclic) bond motifs is 6. The summed E-state index contributed by atoms with van der Waals surface area (Å²) in [5, 5.41) is 10.9. The Balaban J connectivity index is 1.24. The van der Waals surface area contributed by atoms with Crippen LogP contribution in [-0.2, 0) is 16.1 Å². The van der Waals surface area contributed by atoms with Crippen molar-refractivity contribution in [3.05, 3.63) is 30.6 Å². The molecule has 1 N–H and O–H groups in total. The lowest BCUT2D eigenvalue weighted by Crippen LogP contribution is -2.58. The summed E-state index contributed by atoms with van der Waals surface area (Å²) in [5.41, 5.74) is 1.80. The topological polar surface area (TPSA) is 64.3 Å². The predicted octanol–water partition coefficient (Wildman–Crippen LogP) is 5.64. The molecule has 1 aromatic heterocycles. The highest BCUT2D eigenvalue weighted by molar-refractivity contribution is 5.84. The van der Waals surface area contributed by atoms with Crippen molar-refractivity contribution in [2.45, 2.75) is 83.8 Å². The van der Waals surface area contributed by atoms with Crippen LogP contribution in [0.25, 0.3) is 11.0 Å². The van der Waals surface area contributed by atoms with E-state index in [4.69, 9.17) is 4.74 Å². The summed E-state index contributed by atoms with van der Waals surface area (Å²) in [6.07, 6.45) is 11.7. The monoisotopic (exact) mass is 478 g/mol. The number of benzene rings is 1. The smallest absolute Gasteiger partial charge is 0.156 e. The summed E-state index contributed by atoms with van der Waals surface area (Å²) in [6.45, 7) is 5.74. The Bertz CT molecular complexity index is 1110. The molecule has 1 aromatic carbocycles. The van der Waals surface area contributed by atoms with Gasteiger partial charge in [-0.2, -0.15) is 0 Å². The number of carbonyl (C=O) groups is 1. The number of methoxy groups -OCH3 is 1.